The molecule has 0 aliphatic carbocycles. The second-order valence-electron chi connectivity index (χ2n) is 6.84. The van der Waals surface area contributed by atoms with Gasteiger partial charge >= 0.3 is 0 Å². The summed E-state index contributed by atoms with van der Waals surface area (Å²) >= 11 is 2.05. The fraction of sp³-hybridized carbons (Fsp3) is 0.647. The predicted octanol–water partition coefficient (Wildman–Crippen LogP) is 3.68. The molecule has 1 aromatic rings. The summed E-state index contributed by atoms with van der Waals surface area (Å²) < 4.78 is 0. The van der Waals surface area contributed by atoms with E-state index >= 15 is 0 Å². The molecule has 0 saturated carbocycles. The molecule has 1 unspecified atom stereocenters. The van der Waals surface area contributed by atoms with Crippen molar-refractivity contribution in [1.82, 2.24) is 0 Å². The Morgan fingerprint density at radius 2 is 1.85 bits per heavy atom. The highest BCUT2D eigenvalue weighted by atomic mass is 32.2. The minimum atomic E-state index is 0.0937. The number of rotatable bonds is 4. The largest absolute Gasteiger partial charge is 0.364 e. The number of benzene rings is 1. The van der Waals surface area contributed by atoms with Crippen molar-refractivity contribution in [3.05, 3.63) is 29.8 Å². The Morgan fingerprint density at radius 1 is 1.20 bits per heavy atom. The number of nitrogens with zero attached hydrogens (tertiary/aromatic N) is 1. The average Bonchev–Trinajstić information content (AvgIpc) is 2.40. The van der Waals surface area contributed by atoms with Gasteiger partial charge in [-0.25, -0.2) is 0 Å². The summed E-state index contributed by atoms with van der Waals surface area (Å²) in [5, 5.41) is 0. The van der Waals surface area contributed by atoms with E-state index in [0.717, 1.165) is 18.8 Å². The molecule has 2 nitrogen and oxygen atoms in total. The molecule has 20 heavy (non-hydrogen) atoms. The van der Waals surface area contributed by atoms with Crippen molar-refractivity contribution in [1.29, 1.82) is 0 Å². The minimum absolute atomic E-state index is 0.0937. The van der Waals surface area contributed by atoms with Gasteiger partial charge in [0, 0.05) is 24.5 Å². The van der Waals surface area contributed by atoms with Crippen LogP contribution in [0.25, 0.3) is 0 Å². The second-order valence-corrected chi connectivity index (χ2v) is 7.83. The maximum absolute atomic E-state index is 6.25. The van der Waals surface area contributed by atoms with Crippen LogP contribution in [0, 0.1) is 12.3 Å². The van der Waals surface area contributed by atoms with Crippen molar-refractivity contribution < 1.29 is 0 Å². The summed E-state index contributed by atoms with van der Waals surface area (Å²) in [4.78, 5) is 2.53. The summed E-state index contributed by atoms with van der Waals surface area (Å²) in [6.45, 7) is 10.9. The molecule has 1 aromatic carbocycles. The van der Waals surface area contributed by atoms with E-state index in [4.69, 9.17) is 5.73 Å². The van der Waals surface area contributed by atoms with Crippen LogP contribution in [-0.4, -0.2) is 30.1 Å². The van der Waals surface area contributed by atoms with Crippen LogP contribution >= 0.6 is 11.8 Å². The van der Waals surface area contributed by atoms with Gasteiger partial charge < -0.3 is 10.6 Å². The lowest BCUT2D eigenvalue weighted by Crippen LogP contribution is -2.60. The van der Waals surface area contributed by atoms with E-state index in [1.807, 2.05) is 0 Å². The number of hydrogen-bond acceptors (Lipinski definition) is 3. The molecule has 1 aliphatic heterocycles. The summed E-state index contributed by atoms with van der Waals surface area (Å²) in [6.07, 6.45) is 1.17. The number of thioether (sulfide) groups is 1. The molecule has 1 aliphatic rings. The van der Waals surface area contributed by atoms with Gasteiger partial charge in [0.05, 0.1) is 5.54 Å². The molecule has 1 heterocycles. The molecule has 1 saturated heterocycles. The van der Waals surface area contributed by atoms with Gasteiger partial charge in [-0.2, -0.15) is 11.8 Å². The Hall–Kier alpha value is -0.670. The van der Waals surface area contributed by atoms with Gasteiger partial charge in [0.2, 0.25) is 0 Å². The van der Waals surface area contributed by atoms with Crippen molar-refractivity contribution in [2.45, 2.75) is 39.7 Å². The average molecular weight is 292 g/mol. The van der Waals surface area contributed by atoms with Crippen LogP contribution in [0.5, 0.6) is 0 Å². The molecule has 2 rings (SSSR count). The molecule has 0 radical (unpaired) electrons. The number of nitrogens with two attached hydrogens (primary N) is 1. The maximum Gasteiger partial charge on any atom is 0.0619 e. The summed E-state index contributed by atoms with van der Waals surface area (Å²) in [7, 11) is 0. The van der Waals surface area contributed by atoms with Gasteiger partial charge in [-0.3, -0.25) is 0 Å². The van der Waals surface area contributed by atoms with Crippen LogP contribution in [0.2, 0.25) is 0 Å². The molecular weight excluding hydrogens is 264 g/mol. The molecule has 0 aromatic heterocycles. The Labute approximate surface area is 128 Å². The minimum Gasteiger partial charge on any atom is -0.364 e. The highest BCUT2D eigenvalue weighted by Gasteiger charge is 2.43. The lowest BCUT2D eigenvalue weighted by Gasteiger charge is -2.51. The molecule has 2 N–H and O–H groups in total. The molecule has 3 heteroatoms. The first kappa shape index (κ1) is 15.7. The smallest absolute Gasteiger partial charge is 0.0619 e. The number of likely N-dealkylation sites (N-methyl/N-ethyl adjacent to an activating group) is 1. The van der Waals surface area contributed by atoms with Gasteiger partial charge in [-0.1, -0.05) is 31.5 Å². The Morgan fingerprint density at radius 3 is 2.35 bits per heavy atom. The first-order valence-corrected chi connectivity index (χ1v) is 8.70. The van der Waals surface area contributed by atoms with E-state index < -0.39 is 0 Å². The summed E-state index contributed by atoms with van der Waals surface area (Å²) in [5.74, 6) is 2.37. The molecule has 0 bridgehead atoms. The van der Waals surface area contributed by atoms with Gasteiger partial charge in [0.15, 0.2) is 0 Å². The van der Waals surface area contributed by atoms with E-state index in [0.29, 0.717) is 5.41 Å². The third kappa shape index (κ3) is 3.15. The number of aryl methyl sites for hydroxylation is 1. The quantitative estimate of drug-likeness (QED) is 0.918. The predicted molar refractivity (Wildman–Crippen MR) is 91.7 cm³/mol. The van der Waals surface area contributed by atoms with Gasteiger partial charge in [0.25, 0.3) is 0 Å². The van der Waals surface area contributed by atoms with E-state index in [1.165, 1.54) is 23.4 Å². The number of anilines is 1. The standard InChI is InChI=1S/C17H28N2S/c1-5-19(15-8-6-14(2)7-9-15)17(11-18)10-16(3,4)12-20-13-17/h6-9H,5,10-13,18H2,1-4H3. The summed E-state index contributed by atoms with van der Waals surface area (Å²) in [5.41, 5.74) is 9.32. The second kappa shape index (κ2) is 5.98. The monoisotopic (exact) mass is 292 g/mol. The van der Waals surface area contributed by atoms with Gasteiger partial charge in [-0.05, 0) is 43.6 Å². The topological polar surface area (TPSA) is 29.3 Å². The lowest BCUT2D eigenvalue weighted by molar-refractivity contribution is 0.260. The van der Waals surface area contributed by atoms with Crippen LogP contribution in [-0.2, 0) is 0 Å². The Bertz CT molecular complexity index is 441. The molecular formula is C17H28N2S. The van der Waals surface area contributed by atoms with Gasteiger partial charge in [0.1, 0.15) is 0 Å². The van der Waals surface area contributed by atoms with E-state index in [-0.39, 0.29) is 5.54 Å². The van der Waals surface area contributed by atoms with Gasteiger partial charge in [-0.15, -0.1) is 0 Å². The fourth-order valence-corrected chi connectivity index (χ4v) is 4.95. The maximum atomic E-state index is 6.25. The van der Waals surface area contributed by atoms with Crippen LogP contribution < -0.4 is 10.6 Å². The normalized spacial score (nSPS) is 25.4. The summed E-state index contributed by atoms with van der Waals surface area (Å²) in [6, 6.07) is 8.87. The zero-order chi connectivity index (χ0) is 14.8. The van der Waals surface area contributed by atoms with Crippen LogP contribution in [0.1, 0.15) is 32.8 Å². The van der Waals surface area contributed by atoms with E-state index in [1.54, 1.807) is 0 Å². The first-order chi connectivity index (χ1) is 9.42. The first-order valence-electron chi connectivity index (χ1n) is 7.55. The number of hydrogen-bond donors (Lipinski definition) is 1. The van der Waals surface area contributed by atoms with E-state index in [2.05, 4.69) is 68.6 Å². The van der Waals surface area contributed by atoms with Crippen LogP contribution in [0.3, 0.4) is 0 Å². The van der Waals surface area contributed by atoms with Crippen molar-refractivity contribution in [2.24, 2.45) is 11.1 Å². The van der Waals surface area contributed by atoms with E-state index in [9.17, 15) is 0 Å². The molecule has 0 spiro atoms. The van der Waals surface area contributed by atoms with Crippen molar-refractivity contribution in [3.63, 3.8) is 0 Å². The third-order valence-electron chi connectivity index (χ3n) is 4.29. The SMILES string of the molecule is CCN(c1ccc(C)cc1)C1(CN)CSCC(C)(C)C1. The Kier molecular flexibility index (Phi) is 4.70. The third-order valence-corrected chi connectivity index (χ3v) is 6.01. The fourth-order valence-electron chi connectivity index (χ4n) is 3.44. The van der Waals surface area contributed by atoms with Crippen molar-refractivity contribution in [2.75, 3.05) is 29.5 Å². The molecule has 0 amide bonds. The zero-order valence-corrected chi connectivity index (χ0v) is 14.1. The van der Waals surface area contributed by atoms with Crippen LogP contribution in [0.4, 0.5) is 5.69 Å². The molecule has 1 fully saturated rings. The highest BCUT2D eigenvalue weighted by Crippen LogP contribution is 2.43. The molecule has 112 valence electrons. The van der Waals surface area contributed by atoms with Crippen LogP contribution in [0.15, 0.2) is 24.3 Å². The Balaban J connectivity index is 2.34. The zero-order valence-electron chi connectivity index (χ0n) is 13.3. The lowest BCUT2D eigenvalue weighted by atomic mass is 9.78. The highest BCUT2D eigenvalue weighted by molar-refractivity contribution is 7.99. The van der Waals surface area contributed by atoms with Crippen molar-refractivity contribution >= 4 is 17.4 Å². The van der Waals surface area contributed by atoms with Crippen molar-refractivity contribution in [3.8, 4) is 0 Å². The molecule has 1 atom stereocenters.